The normalized spacial score (nSPS) is 18.7. The molecule has 2 atom stereocenters. The third-order valence-corrected chi connectivity index (χ3v) is 5.16. The van der Waals surface area contributed by atoms with Crippen molar-refractivity contribution in [2.24, 2.45) is 0 Å². The first-order chi connectivity index (χ1) is 12.8. The number of carbonyl (C=O) groups excluding carboxylic acids is 1. The van der Waals surface area contributed by atoms with Crippen molar-refractivity contribution in [2.45, 2.75) is 96.2 Å². The molecule has 3 heteroatoms. The van der Waals surface area contributed by atoms with E-state index in [4.69, 9.17) is 9.47 Å². The summed E-state index contributed by atoms with van der Waals surface area (Å²) in [5.74, 6) is -0.208. The number of esters is 1. The Bertz CT molecular complexity index is 485. The lowest BCUT2D eigenvalue weighted by molar-refractivity contribution is 0.0497. The minimum atomic E-state index is -0.208. The van der Waals surface area contributed by atoms with Crippen LogP contribution >= 0.6 is 0 Å². The number of ether oxygens (including phenoxy) is 2. The Morgan fingerprint density at radius 2 is 1.42 bits per heavy atom. The Hall–Kier alpha value is -1.35. The summed E-state index contributed by atoms with van der Waals surface area (Å²) >= 11 is 0. The first kappa shape index (κ1) is 21.0. The number of unbranched alkanes of at least 4 members (excludes halogenated alkanes) is 8. The third kappa shape index (κ3) is 8.84. The second-order valence-corrected chi connectivity index (χ2v) is 7.47. The molecule has 1 aromatic carbocycles. The molecular formula is C23H36O3. The highest BCUT2D eigenvalue weighted by Gasteiger charge is 2.36. The maximum atomic E-state index is 11.8. The molecular weight excluding hydrogens is 324 g/mol. The number of carbonyl (C=O) groups is 1. The lowest BCUT2D eigenvalue weighted by Crippen LogP contribution is -2.06. The first-order valence-corrected chi connectivity index (χ1v) is 10.7. The smallest absolute Gasteiger partial charge is 0.338 e. The summed E-state index contributed by atoms with van der Waals surface area (Å²) in [6, 6.07) is 9.21. The predicted octanol–water partition coefficient (Wildman–Crippen LogP) is 6.31. The molecule has 1 aromatic rings. The zero-order chi connectivity index (χ0) is 18.5. The summed E-state index contributed by atoms with van der Waals surface area (Å²) in [6.45, 7) is 2.79. The van der Waals surface area contributed by atoms with Gasteiger partial charge in [0.05, 0.1) is 24.4 Å². The summed E-state index contributed by atoms with van der Waals surface area (Å²) in [6.07, 6.45) is 16.3. The van der Waals surface area contributed by atoms with Gasteiger partial charge in [0.1, 0.15) is 0 Å². The van der Waals surface area contributed by atoms with Crippen LogP contribution in [0.25, 0.3) is 0 Å². The summed E-state index contributed by atoms with van der Waals surface area (Å²) in [4.78, 5) is 11.8. The number of epoxide rings is 1. The monoisotopic (exact) mass is 360 g/mol. The first-order valence-electron chi connectivity index (χ1n) is 10.7. The summed E-state index contributed by atoms with van der Waals surface area (Å²) in [5, 5.41) is 0. The van der Waals surface area contributed by atoms with Gasteiger partial charge in [0.2, 0.25) is 0 Å². The highest BCUT2D eigenvalue weighted by atomic mass is 16.6. The van der Waals surface area contributed by atoms with Crippen molar-refractivity contribution in [3.05, 3.63) is 35.9 Å². The van der Waals surface area contributed by atoms with Crippen molar-refractivity contribution in [1.29, 1.82) is 0 Å². The lowest BCUT2D eigenvalue weighted by atomic mass is 10.0. The molecule has 0 saturated carbocycles. The number of hydrogen-bond acceptors (Lipinski definition) is 3. The maximum absolute atomic E-state index is 11.8. The molecule has 0 bridgehead atoms. The number of benzene rings is 1. The van der Waals surface area contributed by atoms with Crippen molar-refractivity contribution in [3.63, 3.8) is 0 Å². The van der Waals surface area contributed by atoms with E-state index >= 15 is 0 Å². The van der Waals surface area contributed by atoms with Crippen molar-refractivity contribution < 1.29 is 14.3 Å². The SMILES string of the molecule is CCCCCC1OC1CCCCCCCCCOC(=O)c1ccccc1. The highest BCUT2D eigenvalue weighted by molar-refractivity contribution is 5.89. The Morgan fingerprint density at radius 1 is 0.846 bits per heavy atom. The van der Waals surface area contributed by atoms with Gasteiger partial charge in [0.15, 0.2) is 0 Å². The van der Waals surface area contributed by atoms with Crippen LogP contribution in [-0.4, -0.2) is 24.8 Å². The number of hydrogen-bond donors (Lipinski definition) is 0. The molecule has 1 saturated heterocycles. The van der Waals surface area contributed by atoms with E-state index in [0.717, 1.165) is 12.8 Å². The molecule has 1 heterocycles. The average Bonchev–Trinajstić information content (AvgIpc) is 3.42. The van der Waals surface area contributed by atoms with Crippen LogP contribution in [0.4, 0.5) is 0 Å². The molecule has 0 N–H and O–H groups in total. The van der Waals surface area contributed by atoms with Crippen LogP contribution in [0, 0.1) is 0 Å². The van der Waals surface area contributed by atoms with Gasteiger partial charge in [-0.1, -0.05) is 82.9 Å². The summed E-state index contributed by atoms with van der Waals surface area (Å²) in [5.41, 5.74) is 0.639. The molecule has 0 amide bonds. The molecule has 2 unspecified atom stereocenters. The molecule has 0 radical (unpaired) electrons. The average molecular weight is 361 g/mol. The van der Waals surface area contributed by atoms with E-state index in [2.05, 4.69) is 6.92 Å². The highest BCUT2D eigenvalue weighted by Crippen LogP contribution is 2.31. The largest absolute Gasteiger partial charge is 0.462 e. The van der Waals surface area contributed by atoms with E-state index in [0.29, 0.717) is 24.4 Å². The van der Waals surface area contributed by atoms with Crippen molar-refractivity contribution in [3.8, 4) is 0 Å². The van der Waals surface area contributed by atoms with E-state index in [1.807, 2.05) is 18.2 Å². The van der Waals surface area contributed by atoms with Crippen LogP contribution in [0.15, 0.2) is 30.3 Å². The molecule has 1 fully saturated rings. The van der Waals surface area contributed by atoms with Crippen LogP contribution in [0.1, 0.15) is 94.3 Å². The molecule has 1 aliphatic heterocycles. The number of rotatable bonds is 15. The van der Waals surface area contributed by atoms with Crippen LogP contribution in [0.3, 0.4) is 0 Å². The van der Waals surface area contributed by atoms with Gasteiger partial charge in [-0.3, -0.25) is 0 Å². The van der Waals surface area contributed by atoms with E-state index < -0.39 is 0 Å². The van der Waals surface area contributed by atoms with E-state index in [-0.39, 0.29) is 5.97 Å². The fraction of sp³-hybridized carbons (Fsp3) is 0.696. The fourth-order valence-electron chi connectivity index (χ4n) is 3.44. The van der Waals surface area contributed by atoms with Gasteiger partial charge < -0.3 is 9.47 Å². The fourth-order valence-corrected chi connectivity index (χ4v) is 3.44. The second kappa shape index (κ2) is 12.9. The molecule has 2 rings (SSSR count). The Kier molecular flexibility index (Phi) is 10.4. The summed E-state index contributed by atoms with van der Waals surface area (Å²) in [7, 11) is 0. The predicted molar refractivity (Wildman–Crippen MR) is 106 cm³/mol. The molecule has 0 aliphatic carbocycles. The van der Waals surface area contributed by atoms with Gasteiger partial charge in [0.25, 0.3) is 0 Å². The topological polar surface area (TPSA) is 38.8 Å². The third-order valence-electron chi connectivity index (χ3n) is 5.16. The van der Waals surface area contributed by atoms with Crippen LogP contribution in [-0.2, 0) is 9.47 Å². The minimum Gasteiger partial charge on any atom is -0.462 e. The van der Waals surface area contributed by atoms with Crippen LogP contribution in [0.5, 0.6) is 0 Å². The molecule has 146 valence electrons. The van der Waals surface area contributed by atoms with Crippen molar-refractivity contribution >= 4 is 5.97 Å². The van der Waals surface area contributed by atoms with Gasteiger partial charge in [-0.25, -0.2) is 4.79 Å². The molecule has 1 aliphatic rings. The van der Waals surface area contributed by atoms with Crippen LogP contribution < -0.4 is 0 Å². The lowest BCUT2D eigenvalue weighted by Gasteiger charge is -2.05. The molecule has 3 nitrogen and oxygen atoms in total. The maximum Gasteiger partial charge on any atom is 0.338 e. The van der Waals surface area contributed by atoms with Crippen molar-refractivity contribution in [1.82, 2.24) is 0 Å². The zero-order valence-corrected chi connectivity index (χ0v) is 16.5. The van der Waals surface area contributed by atoms with E-state index in [9.17, 15) is 4.79 Å². The van der Waals surface area contributed by atoms with Gasteiger partial charge in [-0.15, -0.1) is 0 Å². The van der Waals surface area contributed by atoms with Gasteiger partial charge >= 0.3 is 5.97 Å². The van der Waals surface area contributed by atoms with Crippen LogP contribution in [0.2, 0.25) is 0 Å². The quantitative estimate of drug-likeness (QED) is 0.209. The van der Waals surface area contributed by atoms with Crippen molar-refractivity contribution in [2.75, 3.05) is 6.61 Å². The van der Waals surface area contributed by atoms with E-state index in [1.165, 1.54) is 64.2 Å². The Balaban J connectivity index is 1.32. The molecule has 0 spiro atoms. The zero-order valence-electron chi connectivity index (χ0n) is 16.5. The standard InChI is InChI=1S/C23H36O3/c1-2-3-10-17-21-22(26-21)18-13-7-5-4-6-8-14-19-25-23(24)20-15-11-9-12-16-20/h9,11-12,15-16,21-22H,2-8,10,13-14,17-19H2,1H3. The van der Waals surface area contributed by atoms with Gasteiger partial charge in [0, 0.05) is 0 Å². The second-order valence-electron chi connectivity index (χ2n) is 7.47. The Labute approximate surface area is 159 Å². The van der Waals surface area contributed by atoms with E-state index in [1.54, 1.807) is 12.1 Å². The molecule has 0 aromatic heterocycles. The van der Waals surface area contributed by atoms with Gasteiger partial charge in [-0.05, 0) is 31.4 Å². The van der Waals surface area contributed by atoms with Gasteiger partial charge in [-0.2, -0.15) is 0 Å². The molecule has 26 heavy (non-hydrogen) atoms. The summed E-state index contributed by atoms with van der Waals surface area (Å²) < 4.78 is 11.0. The minimum absolute atomic E-state index is 0.208. The Morgan fingerprint density at radius 3 is 2.08 bits per heavy atom.